The van der Waals surface area contributed by atoms with E-state index in [2.05, 4.69) is 20.9 Å². The van der Waals surface area contributed by atoms with Crippen molar-refractivity contribution in [2.24, 2.45) is 28.1 Å². The zero-order valence-electron chi connectivity index (χ0n) is 16.4. The molecule has 0 rings (SSSR count). The van der Waals surface area contributed by atoms with Crippen molar-refractivity contribution in [1.82, 2.24) is 16.0 Å². The van der Waals surface area contributed by atoms with Crippen LogP contribution in [0.25, 0.3) is 0 Å². The minimum Gasteiger partial charge on any atom is -0.480 e. The number of carbonyl (C=O) groups is 4. The van der Waals surface area contributed by atoms with E-state index in [9.17, 15) is 19.2 Å². The Hall–Kier alpha value is -2.89. The summed E-state index contributed by atoms with van der Waals surface area (Å²) >= 11 is 0. The fraction of sp³-hybridized carbons (Fsp3) is 0.688. The SMILES string of the molecule is CC(NC(=O)CNC(=O)C(NC(=O)C(N)CCCN=C(N)N)C(C)C)C(=O)O. The van der Waals surface area contributed by atoms with Gasteiger partial charge in [-0.3, -0.25) is 24.2 Å². The highest BCUT2D eigenvalue weighted by molar-refractivity contribution is 5.92. The third kappa shape index (κ3) is 10.3. The third-order valence-corrected chi connectivity index (χ3v) is 3.72. The molecular formula is C16H31N7O5. The second kappa shape index (κ2) is 12.5. The maximum Gasteiger partial charge on any atom is 0.325 e. The van der Waals surface area contributed by atoms with Gasteiger partial charge in [-0.2, -0.15) is 0 Å². The first-order chi connectivity index (χ1) is 13.0. The number of hydrogen-bond donors (Lipinski definition) is 7. The van der Waals surface area contributed by atoms with Crippen LogP contribution in [0.3, 0.4) is 0 Å². The molecule has 3 amide bonds. The Labute approximate surface area is 163 Å². The van der Waals surface area contributed by atoms with Crippen molar-refractivity contribution >= 4 is 29.7 Å². The van der Waals surface area contributed by atoms with Crippen molar-refractivity contribution < 1.29 is 24.3 Å². The van der Waals surface area contributed by atoms with E-state index in [4.69, 9.17) is 22.3 Å². The molecular weight excluding hydrogens is 370 g/mol. The number of guanidine groups is 1. The van der Waals surface area contributed by atoms with Crippen molar-refractivity contribution in [2.75, 3.05) is 13.1 Å². The fourth-order valence-electron chi connectivity index (χ4n) is 2.08. The van der Waals surface area contributed by atoms with Crippen molar-refractivity contribution in [2.45, 2.75) is 51.7 Å². The first kappa shape index (κ1) is 25.1. The van der Waals surface area contributed by atoms with Gasteiger partial charge < -0.3 is 38.3 Å². The van der Waals surface area contributed by atoms with Crippen LogP contribution in [0, 0.1) is 5.92 Å². The quantitative estimate of drug-likeness (QED) is 0.103. The lowest BCUT2D eigenvalue weighted by atomic mass is 10.0. The number of aliphatic imine (C=N–C) groups is 1. The van der Waals surface area contributed by atoms with Gasteiger partial charge in [-0.1, -0.05) is 13.8 Å². The molecule has 0 saturated heterocycles. The maximum atomic E-state index is 12.3. The summed E-state index contributed by atoms with van der Waals surface area (Å²) in [5.74, 6) is -3.25. The molecule has 0 bridgehead atoms. The van der Waals surface area contributed by atoms with Crippen LogP contribution in [-0.4, -0.2) is 66.0 Å². The normalized spacial score (nSPS) is 13.8. The summed E-state index contributed by atoms with van der Waals surface area (Å²) in [6.45, 7) is 4.66. The predicted molar refractivity (Wildman–Crippen MR) is 103 cm³/mol. The van der Waals surface area contributed by atoms with E-state index in [1.54, 1.807) is 13.8 Å². The summed E-state index contributed by atoms with van der Waals surface area (Å²) in [6.07, 6.45) is 0.817. The van der Waals surface area contributed by atoms with Gasteiger partial charge in [0, 0.05) is 6.54 Å². The van der Waals surface area contributed by atoms with Gasteiger partial charge in [-0.15, -0.1) is 0 Å². The van der Waals surface area contributed by atoms with Crippen LogP contribution in [0.4, 0.5) is 0 Å². The fourth-order valence-corrected chi connectivity index (χ4v) is 2.08. The Kier molecular flexibility index (Phi) is 11.2. The molecule has 12 heteroatoms. The van der Waals surface area contributed by atoms with Gasteiger partial charge in [0.15, 0.2) is 5.96 Å². The Morgan fingerprint density at radius 1 is 1.04 bits per heavy atom. The average Bonchev–Trinajstić information content (AvgIpc) is 2.60. The number of nitrogens with one attached hydrogen (secondary N) is 3. The van der Waals surface area contributed by atoms with Gasteiger partial charge in [0.25, 0.3) is 0 Å². The Balaban J connectivity index is 4.57. The molecule has 0 radical (unpaired) electrons. The molecule has 0 aromatic carbocycles. The molecule has 10 N–H and O–H groups in total. The highest BCUT2D eigenvalue weighted by Crippen LogP contribution is 2.04. The van der Waals surface area contributed by atoms with Crippen LogP contribution < -0.4 is 33.2 Å². The van der Waals surface area contributed by atoms with Crippen LogP contribution in [0.15, 0.2) is 4.99 Å². The Morgan fingerprint density at radius 2 is 1.64 bits per heavy atom. The van der Waals surface area contributed by atoms with Crippen molar-refractivity contribution in [3.05, 3.63) is 0 Å². The van der Waals surface area contributed by atoms with Gasteiger partial charge in [0.2, 0.25) is 17.7 Å². The summed E-state index contributed by atoms with van der Waals surface area (Å²) in [5.41, 5.74) is 16.2. The molecule has 0 aliphatic rings. The molecule has 0 aromatic rings. The zero-order chi connectivity index (χ0) is 21.9. The molecule has 0 aliphatic carbocycles. The second-order valence-electron chi connectivity index (χ2n) is 6.63. The minimum atomic E-state index is -1.19. The molecule has 0 fully saturated rings. The summed E-state index contributed by atoms with van der Waals surface area (Å²) in [7, 11) is 0. The van der Waals surface area contributed by atoms with Crippen molar-refractivity contribution in [3.8, 4) is 0 Å². The molecule has 0 aromatic heterocycles. The van der Waals surface area contributed by atoms with Gasteiger partial charge >= 0.3 is 5.97 Å². The van der Waals surface area contributed by atoms with Gasteiger partial charge in [-0.25, -0.2) is 0 Å². The number of carboxylic acid groups (broad SMARTS) is 1. The van der Waals surface area contributed by atoms with E-state index in [0.29, 0.717) is 19.4 Å². The minimum absolute atomic E-state index is 0.0450. The van der Waals surface area contributed by atoms with E-state index >= 15 is 0 Å². The average molecular weight is 401 g/mol. The third-order valence-electron chi connectivity index (χ3n) is 3.72. The largest absolute Gasteiger partial charge is 0.480 e. The number of nitrogens with zero attached hydrogens (tertiary/aromatic N) is 1. The van der Waals surface area contributed by atoms with Crippen LogP contribution >= 0.6 is 0 Å². The molecule has 28 heavy (non-hydrogen) atoms. The number of aliphatic carboxylic acids is 1. The number of rotatable bonds is 12. The number of carbonyl (C=O) groups excluding carboxylic acids is 3. The molecule has 3 atom stereocenters. The van der Waals surface area contributed by atoms with Gasteiger partial charge in [0.1, 0.15) is 12.1 Å². The summed E-state index contributed by atoms with van der Waals surface area (Å²) in [6, 6.07) is -2.83. The number of nitrogens with two attached hydrogens (primary N) is 3. The molecule has 12 nitrogen and oxygen atoms in total. The lowest BCUT2D eigenvalue weighted by molar-refractivity contribution is -0.141. The number of carboxylic acids is 1. The molecule has 3 unspecified atom stereocenters. The molecule has 0 spiro atoms. The first-order valence-electron chi connectivity index (χ1n) is 8.86. The predicted octanol–water partition coefficient (Wildman–Crippen LogP) is -2.79. The lowest BCUT2D eigenvalue weighted by Gasteiger charge is -2.23. The highest BCUT2D eigenvalue weighted by Gasteiger charge is 2.26. The first-order valence-corrected chi connectivity index (χ1v) is 8.86. The Bertz CT molecular complexity index is 590. The number of hydrogen-bond acceptors (Lipinski definition) is 6. The van der Waals surface area contributed by atoms with E-state index < -0.39 is 48.4 Å². The number of amides is 3. The standard InChI is InChI=1S/C16H31N7O5/c1-8(2)12(14(26)21-7-11(24)22-9(3)15(27)28)23-13(25)10(17)5-4-6-20-16(18)19/h8-10,12H,4-7,17H2,1-3H3,(H,21,26)(H,22,24)(H,23,25)(H,27,28)(H4,18,19,20). The zero-order valence-corrected chi connectivity index (χ0v) is 16.4. The topological polar surface area (TPSA) is 215 Å². The van der Waals surface area contributed by atoms with Crippen molar-refractivity contribution in [1.29, 1.82) is 0 Å². The summed E-state index contributed by atoms with van der Waals surface area (Å²) in [5, 5.41) is 15.9. The van der Waals surface area contributed by atoms with Crippen molar-refractivity contribution in [3.63, 3.8) is 0 Å². The van der Waals surface area contributed by atoms with Crippen LogP contribution in [0.2, 0.25) is 0 Å². The van der Waals surface area contributed by atoms with E-state index in [1.165, 1.54) is 6.92 Å². The van der Waals surface area contributed by atoms with E-state index in [1.807, 2.05) is 0 Å². The molecule has 0 aliphatic heterocycles. The molecule has 0 saturated carbocycles. The molecule has 160 valence electrons. The molecule has 0 heterocycles. The van der Waals surface area contributed by atoms with E-state index in [-0.39, 0.29) is 11.9 Å². The monoisotopic (exact) mass is 401 g/mol. The van der Waals surface area contributed by atoms with Crippen LogP contribution in [0.1, 0.15) is 33.6 Å². The Morgan fingerprint density at radius 3 is 2.14 bits per heavy atom. The second-order valence-corrected chi connectivity index (χ2v) is 6.63. The smallest absolute Gasteiger partial charge is 0.325 e. The summed E-state index contributed by atoms with van der Waals surface area (Å²) < 4.78 is 0. The maximum absolute atomic E-state index is 12.3. The summed E-state index contributed by atoms with van der Waals surface area (Å²) in [4.78, 5) is 50.6. The lowest BCUT2D eigenvalue weighted by Crippen LogP contribution is -2.55. The van der Waals surface area contributed by atoms with Crippen LogP contribution in [0.5, 0.6) is 0 Å². The van der Waals surface area contributed by atoms with E-state index in [0.717, 1.165) is 0 Å². The highest BCUT2D eigenvalue weighted by atomic mass is 16.4. The van der Waals surface area contributed by atoms with Gasteiger partial charge in [-0.05, 0) is 25.7 Å². The van der Waals surface area contributed by atoms with Gasteiger partial charge in [0.05, 0.1) is 12.6 Å². The van der Waals surface area contributed by atoms with Crippen LogP contribution in [-0.2, 0) is 19.2 Å².